The van der Waals surface area contributed by atoms with E-state index in [0.29, 0.717) is 6.04 Å². The zero-order valence-corrected chi connectivity index (χ0v) is 19.7. The van der Waals surface area contributed by atoms with Crippen LogP contribution in [0.25, 0.3) is 33.2 Å². The quantitative estimate of drug-likeness (QED) is 0.380. The fraction of sp³-hybridized carbons (Fsp3) is 0.296. The minimum atomic E-state index is 0.269. The lowest BCUT2D eigenvalue weighted by molar-refractivity contribution is 0.350. The number of pyridine rings is 2. The predicted molar refractivity (Wildman–Crippen MR) is 138 cm³/mol. The molecule has 0 aliphatic carbocycles. The number of benzene rings is 1. The van der Waals surface area contributed by atoms with Crippen LogP contribution in [-0.4, -0.2) is 49.4 Å². The average molecular weight is 465 g/mol. The van der Waals surface area contributed by atoms with E-state index < -0.39 is 0 Å². The van der Waals surface area contributed by atoms with Crippen LogP contribution >= 0.6 is 0 Å². The highest BCUT2D eigenvalue weighted by Gasteiger charge is 2.19. The molecule has 1 aliphatic rings. The number of anilines is 1. The van der Waals surface area contributed by atoms with Crippen molar-refractivity contribution in [1.29, 1.82) is 0 Å². The normalized spacial score (nSPS) is 15.5. The first kappa shape index (κ1) is 21.6. The number of nitrogens with one attached hydrogen (secondary N) is 2. The SMILES string of the molecule is CC(CNc1cc(-c2cnc3c(cnn3C3CCNCC3)c2)ncn1)c1cccc2cccnc12. The molecule has 1 fully saturated rings. The van der Waals surface area contributed by atoms with Gasteiger partial charge in [0.25, 0.3) is 0 Å². The van der Waals surface area contributed by atoms with Gasteiger partial charge in [0, 0.05) is 47.3 Å². The van der Waals surface area contributed by atoms with Crippen molar-refractivity contribution in [2.75, 3.05) is 25.0 Å². The van der Waals surface area contributed by atoms with Gasteiger partial charge in [-0.2, -0.15) is 5.10 Å². The molecule has 176 valence electrons. The van der Waals surface area contributed by atoms with Crippen LogP contribution in [0.5, 0.6) is 0 Å². The van der Waals surface area contributed by atoms with Crippen LogP contribution in [0.15, 0.2) is 67.4 Å². The summed E-state index contributed by atoms with van der Waals surface area (Å²) in [5, 5.41) is 13.7. The van der Waals surface area contributed by atoms with Gasteiger partial charge in [0.2, 0.25) is 0 Å². The van der Waals surface area contributed by atoms with E-state index in [9.17, 15) is 0 Å². The summed E-state index contributed by atoms with van der Waals surface area (Å²) < 4.78 is 2.08. The standard InChI is InChI=1S/C27H28N8/c1-18(23-6-2-4-19-5-3-9-29-26(19)23)14-30-25-13-24(32-17-33-25)20-12-21-16-34-35(27(21)31-15-20)22-7-10-28-11-8-22/h2-6,9,12-13,15-18,22,28H,7-8,10-11,14H2,1H3,(H,30,32,33). The molecule has 1 saturated heterocycles. The summed E-state index contributed by atoms with van der Waals surface area (Å²) in [6.07, 6.45) is 9.41. The fourth-order valence-corrected chi connectivity index (χ4v) is 4.90. The van der Waals surface area contributed by atoms with E-state index in [-0.39, 0.29) is 5.92 Å². The molecule has 8 nitrogen and oxygen atoms in total. The zero-order chi connectivity index (χ0) is 23.6. The highest BCUT2D eigenvalue weighted by molar-refractivity contribution is 5.82. The van der Waals surface area contributed by atoms with Gasteiger partial charge < -0.3 is 10.6 Å². The minimum absolute atomic E-state index is 0.269. The number of hydrogen-bond acceptors (Lipinski definition) is 7. The first-order chi connectivity index (χ1) is 17.3. The zero-order valence-electron chi connectivity index (χ0n) is 19.7. The Bertz CT molecular complexity index is 1470. The summed E-state index contributed by atoms with van der Waals surface area (Å²) in [5.41, 5.74) is 5.01. The number of para-hydroxylation sites is 1. The van der Waals surface area contributed by atoms with E-state index in [2.05, 4.69) is 72.6 Å². The molecule has 0 bridgehead atoms. The first-order valence-electron chi connectivity index (χ1n) is 12.2. The maximum Gasteiger partial charge on any atom is 0.158 e. The van der Waals surface area contributed by atoms with Gasteiger partial charge in [0.15, 0.2) is 5.65 Å². The van der Waals surface area contributed by atoms with E-state index >= 15 is 0 Å². The Morgan fingerprint density at radius 2 is 1.89 bits per heavy atom. The van der Waals surface area contributed by atoms with Crippen molar-refractivity contribution in [1.82, 2.24) is 35.0 Å². The summed E-state index contributed by atoms with van der Waals surface area (Å²) in [6, 6.07) is 14.9. The van der Waals surface area contributed by atoms with Crippen molar-refractivity contribution in [3.8, 4) is 11.3 Å². The third-order valence-electron chi connectivity index (χ3n) is 6.83. The number of aromatic nitrogens is 6. The molecule has 1 unspecified atom stereocenters. The number of hydrogen-bond donors (Lipinski definition) is 2. The van der Waals surface area contributed by atoms with Crippen molar-refractivity contribution in [3.63, 3.8) is 0 Å². The molecule has 1 atom stereocenters. The molecule has 0 amide bonds. The molecule has 35 heavy (non-hydrogen) atoms. The molecule has 0 radical (unpaired) electrons. The van der Waals surface area contributed by atoms with E-state index in [4.69, 9.17) is 4.98 Å². The molecule has 6 rings (SSSR count). The van der Waals surface area contributed by atoms with Crippen LogP contribution in [-0.2, 0) is 0 Å². The van der Waals surface area contributed by atoms with Gasteiger partial charge in [-0.3, -0.25) is 4.98 Å². The summed E-state index contributed by atoms with van der Waals surface area (Å²) in [4.78, 5) is 18.3. The molecule has 8 heteroatoms. The third kappa shape index (κ3) is 4.33. The maximum atomic E-state index is 4.76. The summed E-state index contributed by atoms with van der Waals surface area (Å²) in [5.74, 6) is 1.06. The summed E-state index contributed by atoms with van der Waals surface area (Å²) in [6.45, 7) is 5.00. The van der Waals surface area contributed by atoms with Crippen molar-refractivity contribution < 1.29 is 0 Å². The van der Waals surface area contributed by atoms with Crippen LogP contribution in [0.3, 0.4) is 0 Å². The van der Waals surface area contributed by atoms with Gasteiger partial charge in [0.05, 0.1) is 23.4 Å². The summed E-state index contributed by atoms with van der Waals surface area (Å²) in [7, 11) is 0. The third-order valence-corrected chi connectivity index (χ3v) is 6.83. The lowest BCUT2D eigenvalue weighted by Crippen LogP contribution is -2.29. The van der Waals surface area contributed by atoms with Gasteiger partial charge >= 0.3 is 0 Å². The van der Waals surface area contributed by atoms with E-state index in [1.165, 1.54) is 5.56 Å². The second-order valence-corrected chi connectivity index (χ2v) is 9.20. The number of nitrogens with zero attached hydrogens (tertiary/aromatic N) is 6. The molecule has 5 heterocycles. The molecule has 1 aromatic carbocycles. The molecule has 0 saturated carbocycles. The molecule has 5 aromatic rings. The average Bonchev–Trinajstić information content (AvgIpc) is 3.35. The highest BCUT2D eigenvalue weighted by Crippen LogP contribution is 2.27. The Kier molecular flexibility index (Phi) is 5.79. The van der Waals surface area contributed by atoms with E-state index in [1.54, 1.807) is 6.33 Å². The first-order valence-corrected chi connectivity index (χ1v) is 12.2. The van der Waals surface area contributed by atoms with Gasteiger partial charge in [-0.05, 0) is 43.6 Å². The minimum Gasteiger partial charge on any atom is -0.369 e. The predicted octanol–water partition coefficient (Wildman–Crippen LogP) is 4.58. The van der Waals surface area contributed by atoms with Crippen LogP contribution in [0, 0.1) is 0 Å². The smallest absolute Gasteiger partial charge is 0.158 e. The van der Waals surface area contributed by atoms with Gasteiger partial charge in [-0.25, -0.2) is 19.6 Å². The van der Waals surface area contributed by atoms with Crippen LogP contribution in [0.2, 0.25) is 0 Å². The lowest BCUT2D eigenvalue weighted by atomic mass is 9.98. The Hall–Kier alpha value is -3.91. The second-order valence-electron chi connectivity index (χ2n) is 9.20. The van der Waals surface area contributed by atoms with Crippen molar-refractivity contribution in [2.24, 2.45) is 0 Å². The Morgan fingerprint density at radius 3 is 2.80 bits per heavy atom. The van der Waals surface area contributed by atoms with Gasteiger partial charge in [-0.15, -0.1) is 0 Å². The number of fused-ring (bicyclic) bond motifs is 2. The summed E-state index contributed by atoms with van der Waals surface area (Å²) >= 11 is 0. The molecular weight excluding hydrogens is 436 g/mol. The van der Waals surface area contributed by atoms with Crippen molar-refractivity contribution in [2.45, 2.75) is 31.7 Å². The maximum absolute atomic E-state index is 4.76. The largest absolute Gasteiger partial charge is 0.369 e. The van der Waals surface area contributed by atoms with Crippen LogP contribution in [0.4, 0.5) is 5.82 Å². The molecule has 1 aliphatic heterocycles. The Balaban J connectivity index is 1.20. The van der Waals surface area contributed by atoms with E-state index in [1.807, 2.05) is 30.7 Å². The van der Waals surface area contributed by atoms with Crippen molar-refractivity contribution in [3.05, 3.63) is 72.9 Å². The Morgan fingerprint density at radius 1 is 1.00 bits per heavy atom. The van der Waals surface area contributed by atoms with Gasteiger partial charge in [0.1, 0.15) is 12.1 Å². The van der Waals surface area contributed by atoms with Crippen LogP contribution in [0.1, 0.15) is 37.3 Å². The monoisotopic (exact) mass is 464 g/mol. The Labute approximate surface area is 203 Å². The molecular formula is C27H28N8. The molecule has 0 spiro atoms. The second kappa shape index (κ2) is 9.38. The molecule has 2 N–H and O–H groups in total. The highest BCUT2D eigenvalue weighted by atomic mass is 15.3. The number of piperidine rings is 1. The topological polar surface area (TPSA) is 93.4 Å². The van der Waals surface area contributed by atoms with E-state index in [0.717, 1.165) is 71.5 Å². The number of rotatable bonds is 6. The van der Waals surface area contributed by atoms with Crippen LogP contribution < -0.4 is 10.6 Å². The molecule has 4 aromatic heterocycles. The van der Waals surface area contributed by atoms with Gasteiger partial charge in [-0.1, -0.05) is 31.2 Å². The lowest BCUT2D eigenvalue weighted by Gasteiger charge is -2.23. The van der Waals surface area contributed by atoms with Crippen molar-refractivity contribution >= 4 is 27.8 Å². The fourth-order valence-electron chi connectivity index (χ4n) is 4.90.